The van der Waals surface area contributed by atoms with E-state index in [1.54, 1.807) is 29.5 Å². The van der Waals surface area contributed by atoms with E-state index in [2.05, 4.69) is 10.3 Å². The van der Waals surface area contributed by atoms with Crippen molar-refractivity contribution in [2.45, 2.75) is 19.4 Å². The summed E-state index contributed by atoms with van der Waals surface area (Å²) in [4.78, 5) is 43.6. The van der Waals surface area contributed by atoms with Crippen molar-refractivity contribution < 1.29 is 18.8 Å². The number of carbonyl (C=O) groups excluding carboxylic acids is 3. The molecule has 2 aromatic heterocycles. The maximum atomic E-state index is 12.7. The summed E-state index contributed by atoms with van der Waals surface area (Å²) >= 11 is 1.66. The molecule has 1 aliphatic heterocycles. The first kappa shape index (κ1) is 20.1. The second kappa shape index (κ2) is 8.39. The Balaban J connectivity index is 1.19. The summed E-state index contributed by atoms with van der Waals surface area (Å²) in [5.74, 6) is -0.566. The summed E-state index contributed by atoms with van der Waals surface area (Å²) in [6.07, 6.45) is 3.02. The highest BCUT2D eigenvalue weighted by Crippen LogP contribution is 2.26. The minimum atomic E-state index is -0.424. The number of carbonyl (C=O) groups is 3. The van der Waals surface area contributed by atoms with Gasteiger partial charge in [-0.1, -0.05) is 12.1 Å². The lowest BCUT2D eigenvalue weighted by Crippen LogP contribution is -2.28. The summed E-state index contributed by atoms with van der Waals surface area (Å²) in [5.41, 5.74) is 1.89. The van der Waals surface area contributed by atoms with Crippen LogP contribution in [0.2, 0.25) is 0 Å². The van der Waals surface area contributed by atoms with Gasteiger partial charge in [0.05, 0.1) is 39.2 Å². The summed E-state index contributed by atoms with van der Waals surface area (Å²) in [7, 11) is 0. The van der Waals surface area contributed by atoms with Crippen LogP contribution in [0.3, 0.4) is 0 Å². The Labute approximate surface area is 187 Å². The molecule has 4 aromatic rings. The Morgan fingerprint density at radius 2 is 1.88 bits per heavy atom. The van der Waals surface area contributed by atoms with Gasteiger partial charge in [0.2, 0.25) is 0 Å². The molecule has 5 rings (SSSR count). The molecule has 0 bridgehead atoms. The van der Waals surface area contributed by atoms with E-state index >= 15 is 0 Å². The molecular weight excluding hydrogens is 426 g/mol. The lowest BCUT2D eigenvalue weighted by Gasteiger charge is -2.11. The molecule has 0 atom stereocenters. The molecule has 7 nitrogen and oxygen atoms in total. The normalized spacial score (nSPS) is 13.1. The standard InChI is InChI=1S/C24H19N3O4S/c28-22(25-11-3-8-21-26-19-6-1-2-7-20(19)32-21)15-9-10-17-18(13-15)24(30)27(23(17)29)14-16-5-4-12-31-16/h1-2,4-7,9-10,12-13H,3,8,11,14H2,(H,25,28). The highest BCUT2D eigenvalue weighted by molar-refractivity contribution is 7.18. The molecule has 32 heavy (non-hydrogen) atoms. The van der Waals surface area contributed by atoms with Crippen LogP contribution in [0.25, 0.3) is 10.2 Å². The first-order valence-electron chi connectivity index (χ1n) is 10.3. The average Bonchev–Trinajstić information content (AvgIpc) is 3.52. The first-order chi connectivity index (χ1) is 15.6. The zero-order chi connectivity index (χ0) is 22.1. The molecule has 0 radical (unpaired) electrons. The molecule has 160 valence electrons. The molecule has 0 unspecified atom stereocenters. The van der Waals surface area contributed by atoms with Gasteiger partial charge in [-0.2, -0.15) is 0 Å². The van der Waals surface area contributed by atoms with Gasteiger partial charge >= 0.3 is 0 Å². The molecule has 2 aromatic carbocycles. The van der Waals surface area contributed by atoms with Crippen molar-refractivity contribution in [1.29, 1.82) is 0 Å². The van der Waals surface area contributed by atoms with E-state index in [9.17, 15) is 14.4 Å². The Morgan fingerprint density at radius 3 is 2.69 bits per heavy atom. The predicted octanol–water partition coefficient (Wildman–Crippen LogP) is 4.05. The van der Waals surface area contributed by atoms with E-state index in [1.165, 1.54) is 18.4 Å². The van der Waals surface area contributed by atoms with Crippen LogP contribution in [0.5, 0.6) is 0 Å². The third-order valence-electron chi connectivity index (χ3n) is 5.32. The number of furan rings is 1. The highest BCUT2D eigenvalue weighted by atomic mass is 32.1. The minimum absolute atomic E-state index is 0.0621. The number of imide groups is 1. The van der Waals surface area contributed by atoms with Crippen LogP contribution in [0.15, 0.2) is 65.3 Å². The Hall–Kier alpha value is -3.78. The van der Waals surface area contributed by atoms with Crippen LogP contribution >= 0.6 is 11.3 Å². The number of fused-ring (bicyclic) bond motifs is 2. The molecule has 0 spiro atoms. The number of hydrogen-bond donors (Lipinski definition) is 1. The van der Waals surface area contributed by atoms with Gasteiger partial charge in [0.15, 0.2) is 0 Å². The summed E-state index contributed by atoms with van der Waals surface area (Å²) < 4.78 is 6.40. The lowest BCUT2D eigenvalue weighted by molar-refractivity contribution is 0.0631. The number of hydrogen-bond acceptors (Lipinski definition) is 6. The Kier molecular flexibility index (Phi) is 5.28. The average molecular weight is 446 g/mol. The van der Waals surface area contributed by atoms with Crippen LogP contribution in [0.4, 0.5) is 0 Å². The zero-order valence-electron chi connectivity index (χ0n) is 17.0. The maximum Gasteiger partial charge on any atom is 0.261 e. The van der Waals surface area contributed by atoms with E-state index in [0.717, 1.165) is 33.0 Å². The molecule has 3 heterocycles. The Bertz CT molecular complexity index is 1290. The van der Waals surface area contributed by atoms with Crippen molar-refractivity contribution >= 4 is 39.3 Å². The van der Waals surface area contributed by atoms with Crippen molar-refractivity contribution in [3.8, 4) is 0 Å². The topological polar surface area (TPSA) is 92.5 Å². The fraction of sp³-hybridized carbons (Fsp3) is 0.167. The van der Waals surface area contributed by atoms with Crippen molar-refractivity contribution in [2.75, 3.05) is 6.54 Å². The van der Waals surface area contributed by atoms with E-state index in [4.69, 9.17) is 4.42 Å². The van der Waals surface area contributed by atoms with Gasteiger partial charge in [-0.3, -0.25) is 19.3 Å². The second-order valence-corrected chi connectivity index (χ2v) is 8.59. The van der Waals surface area contributed by atoms with Crippen LogP contribution in [-0.4, -0.2) is 34.2 Å². The van der Waals surface area contributed by atoms with Crippen LogP contribution in [0.1, 0.15) is 48.3 Å². The molecule has 8 heteroatoms. The number of benzene rings is 2. The lowest BCUT2D eigenvalue weighted by atomic mass is 10.1. The van der Waals surface area contributed by atoms with Gasteiger partial charge in [-0.25, -0.2) is 4.98 Å². The summed E-state index contributed by atoms with van der Waals surface area (Å²) in [6, 6.07) is 16.0. The van der Waals surface area contributed by atoms with Crippen LogP contribution < -0.4 is 5.32 Å². The molecule has 0 saturated heterocycles. The quantitative estimate of drug-likeness (QED) is 0.342. The molecule has 0 fully saturated rings. The molecular formula is C24H19N3O4S. The molecule has 0 saturated carbocycles. The largest absolute Gasteiger partial charge is 0.467 e. The van der Waals surface area contributed by atoms with E-state index in [0.29, 0.717) is 23.4 Å². The fourth-order valence-electron chi connectivity index (χ4n) is 3.70. The fourth-order valence-corrected chi connectivity index (χ4v) is 4.71. The third-order valence-corrected chi connectivity index (χ3v) is 6.41. The van der Waals surface area contributed by atoms with Gasteiger partial charge < -0.3 is 9.73 Å². The van der Waals surface area contributed by atoms with Crippen LogP contribution in [-0.2, 0) is 13.0 Å². The van der Waals surface area contributed by atoms with Gasteiger partial charge in [0.1, 0.15) is 5.76 Å². The maximum absolute atomic E-state index is 12.7. The number of amides is 3. The number of aryl methyl sites for hydroxylation is 1. The van der Waals surface area contributed by atoms with Gasteiger partial charge in [0, 0.05) is 18.5 Å². The summed E-state index contributed by atoms with van der Waals surface area (Å²) in [6.45, 7) is 0.552. The number of aromatic nitrogens is 1. The van der Waals surface area contributed by atoms with Gasteiger partial charge in [0.25, 0.3) is 17.7 Å². The van der Waals surface area contributed by atoms with E-state index < -0.39 is 5.91 Å². The van der Waals surface area contributed by atoms with Gasteiger partial charge in [-0.15, -0.1) is 11.3 Å². The van der Waals surface area contributed by atoms with Crippen molar-refractivity contribution in [2.24, 2.45) is 0 Å². The van der Waals surface area contributed by atoms with E-state index in [-0.39, 0.29) is 23.9 Å². The van der Waals surface area contributed by atoms with Gasteiger partial charge in [-0.05, 0) is 48.9 Å². The first-order valence-corrected chi connectivity index (χ1v) is 11.1. The SMILES string of the molecule is O=C(NCCCc1nc2ccccc2s1)c1ccc2c(c1)C(=O)N(Cc1ccco1)C2=O. The molecule has 3 amide bonds. The van der Waals surface area contributed by atoms with Crippen molar-refractivity contribution in [3.63, 3.8) is 0 Å². The van der Waals surface area contributed by atoms with E-state index in [1.807, 2.05) is 24.3 Å². The predicted molar refractivity (Wildman–Crippen MR) is 120 cm³/mol. The zero-order valence-corrected chi connectivity index (χ0v) is 17.9. The number of nitrogens with zero attached hydrogens (tertiary/aromatic N) is 2. The van der Waals surface area contributed by atoms with Crippen LogP contribution in [0, 0.1) is 0 Å². The highest BCUT2D eigenvalue weighted by Gasteiger charge is 2.36. The monoisotopic (exact) mass is 445 g/mol. The van der Waals surface area contributed by atoms with Crippen molar-refractivity contribution in [3.05, 3.63) is 88.3 Å². The summed E-state index contributed by atoms with van der Waals surface area (Å²) in [5, 5.41) is 3.92. The second-order valence-electron chi connectivity index (χ2n) is 7.47. The third kappa shape index (κ3) is 3.80. The molecule has 1 aliphatic rings. The number of para-hydroxylation sites is 1. The smallest absolute Gasteiger partial charge is 0.261 e. The van der Waals surface area contributed by atoms with Crippen molar-refractivity contribution in [1.82, 2.24) is 15.2 Å². The number of rotatable bonds is 7. The number of thiazole rings is 1. The minimum Gasteiger partial charge on any atom is -0.467 e. The molecule has 1 N–H and O–H groups in total. The number of nitrogens with one attached hydrogen (secondary N) is 1. The Morgan fingerprint density at radius 1 is 1.03 bits per heavy atom. The molecule has 0 aliphatic carbocycles.